The molecule has 0 bridgehead atoms. The zero-order chi connectivity index (χ0) is 17.4. The topological polar surface area (TPSA) is 82.5 Å². The molecule has 2 aliphatic rings. The van der Waals surface area contributed by atoms with E-state index in [4.69, 9.17) is 5.21 Å². The molecule has 128 valence electrons. The average Bonchev–Trinajstić information content (AvgIpc) is 2.97. The standard InChI is InChI=1S/C19H19N3O3/c23-17(21-25)14-1-2-15-12-19(6-3-13(15)11-14)7-10-22(18(19)24)16-4-8-20-9-5-16/h1-2,4-5,8-9,11,25H,3,6-7,10,12H2,(H,21,23)/t19-/m1/s1. The van der Waals surface area contributed by atoms with E-state index in [1.807, 2.05) is 29.2 Å². The fourth-order valence-corrected chi connectivity index (χ4v) is 4.05. The zero-order valence-corrected chi connectivity index (χ0v) is 13.7. The predicted molar refractivity (Wildman–Crippen MR) is 91.4 cm³/mol. The van der Waals surface area contributed by atoms with Crippen LogP contribution in [0, 0.1) is 5.41 Å². The lowest BCUT2D eigenvalue weighted by atomic mass is 9.70. The van der Waals surface area contributed by atoms with Gasteiger partial charge < -0.3 is 4.90 Å². The molecule has 0 saturated carbocycles. The van der Waals surface area contributed by atoms with E-state index in [9.17, 15) is 9.59 Å². The van der Waals surface area contributed by atoms with Gasteiger partial charge in [-0.3, -0.25) is 19.8 Å². The molecule has 1 saturated heterocycles. The van der Waals surface area contributed by atoms with E-state index in [2.05, 4.69) is 4.98 Å². The Bertz CT molecular complexity index is 837. The van der Waals surface area contributed by atoms with Gasteiger partial charge in [0.05, 0.1) is 5.41 Å². The first kappa shape index (κ1) is 15.8. The van der Waals surface area contributed by atoms with E-state index in [0.29, 0.717) is 12.0 Å². The third-order valence-electron chi connectivity index (χ3n) is 5.46. The zero-order valence-electron chi connectivity index (χ0n) is 13.7. The van der Waals surface area contributed by atoms with Gasteiger partial charge in [-0.05, 0) is 61.1 Å². The van der Waals surface area contributed by atoms with Crippen LogP contribution in [-0.2, 0) is 17.6 Å². The summed E-state index contributed by atoms with van der Waals surface area (Å²) in [6, 6.07) is 9.15. The normalized spacial score (nSPS) is 22.1. The number of hydrogen-bond donors (Lipinski definition) is 2. The second-order valence-electron chi connectivity index (χ2n) is 6.79. The quantitative estimate of drug-likeness (QED) is 0.649. The summed E-state index contributed by atoms with van der Waals surface area (Å²) in [6.07, 6.45) is 6.49. The first-order valence-electron chi connectivity index (χ1n) is 8.41. The van der Waals surface area contributed by atoms with Crippen LogP contribution in [0.3, 0.4) is 0 Å². The number of anilines is 1. The molecule has 1 spiro atoms. The molecule has 1 aromatic heterocycles. The van der Waals surface area contributed by atoms with Crippen LogP contribution < -0.4 is 10.4 Å². The molecule has 2 aromatic rings. The largest absolute Gasteiger partial charge is 0.312 e. The monoisotopic (exact) mass is 337 g/mol. The molecule has 1 fully saturated rings. The van der Waals surface area contributed by atoms with Crippen molar-refractivity contribution in [2.24, 2.45) is 5.41 Å². The lowest BCUT2D eigenvalue weighted by Gasteiger charge is -2.33. The highest BCUT2D eigenvalue weighted by molar-refractivity contribution is 6.00. The number of carbonyl (C=O) groups excluding carboxylic acids is 2. The lowest BCUT2D eigenvalue weighted by molar-refractivity contribution is -0.126. The number of nitrogens with one attached hydrogen (secondary N) is 1. The van der Waals surface area contributed by atoms with Crippen molar-refractivity contribution in [1.82, 2.24) is 10.5 Å². The van der Waals surface area contributed by atoms with E-state index >= 15 is 0 Å². The maximum Gasteiger partial charge on any atom is 0.274 e. The Kier molecular flexibility index (Phi) is 3.77. The van der Waals surface area contributed by atoms with Crippen LogP contribution in [0.1, 0.15) is 34.3 Å². The molecule has 2 N–H and O–H groups in total. The smallest absolute Gasteiger partial charge is 0.274 e. The van der Waals surface area contributed by atoms with Crippen molar-refractivity contribution in [3.05, 3.63) is 59.4 Å². The minimum Gasteiger partial charge on any atom is -0.312 e. The number of amides is 2. The number of hydroxylamine groups is 1. The molecule has 1 aliphatic heterocycles. The third kappa shape index (κ3) is 2.59. The Balaban J connectivity index is 1.60. The molecule has 0 unspecified atom stereocenters. The number of rotatable bonds is 2. The Morgan fingerprint density at radius 3 is 2.72 bits per heavy atom. The number of hydrogen-bond acceptors (Lipinski definition) is 4. The highest BCUT2D eigenvalue weighted by Crippen LogP contribution is 2.45. The molecule has 1 aliphatic carbocycles. The van der Waals surface area contributed by atoms with Gasteiger partial charge in [-0.2, -0.15) is 0 Å². The molecule has 0 radical (unpaired) electrons. The molecule has 4 rings (SSSR count). The summed E-state index contributed by atoms with van der Waals surface area (Å²) in [5, 5.41) is 8.78. The van der Waals surface area contributed by atoms with E-state index in [0.717, 1.165) is 42.6 Å². The first-order valence-corrected chi connectivity index (χ1v) is 8.41. The molecule has 1 aromatic carbocycles. The van der Waals surface area contributed by atoms with Crippen LogP contribution >= 0.6 is 0 Å². The minimum atomic E-state index is -0.510. The molecule has 2 heterocycles. The van der Waals surface area contributed by atoms with Crippen LogP contribution in [0.4, 0.5) is 5.69 Å². The van der Waals surface area contributed by atoms with E-state index < -0.39 is 5.91 Å². The summed E-state index contributed by atoms with van der Waals surface area (Å²) in [5.41, 5.74) is 4.85. The Morgan fingerprint density at radius 2 is 1.96 bits per heavy atom. The maximum atomic E-state index is 13.1. The van der Waals surface area contributed by atoms with Crippen LogP contribution in [0.2, 0.25) is 0 Å². The van der Waals surface area contributed by atoms with Crippen LogP contribution in [-0.4, -0.2) is 28.6 Å². The minimum absolute atomic E-state index is 0.182. The lowest BCUT2D eigenvalue weighted by Crippen LogP contribution is -2.38. The highest BCUT2D eigenvalue weighted by Gasteiger charge is 2.48. The van der Waals surface area contributed by atoms with Gasteiger partial charge in [0.25, 0.3) is 5.91 Å². The van der Waals surface area contributed by atoms with Crippen LogP contribution in [0.25, 0.3) is 0 Å². The molecule has 1 atom stereocenters. The summed E-state index contributed by atoms with van der Waals surface area (Å²) in [7, 11) is 0. The number of pyridine rings is 1. The van der Waals surface area contributed by atoms with Gasteiger partial charge >= 0.3 is 0 Å². The summed E-state index contributed by atoms with van der Waals surface area (Å²) < 4.78 is 0. The molecular formula is C19H19N3O3. The molecule has 6 nitrogen and oxygen atoms in total. The van der Waals surface area contributed by atoms with Crippen molar-refractivity contribution in [1.29, 1.82) is 0 Å². The van der Waals surface area contributed by atoms with Crippen molar-refractivity contribution in [3.63, 3.8) is 0 Å². The first-order chi connectivity index (χ1) is 12.1. The van der Waals surface area contributed by atoms with Gasteiger partial charge in [-0.15, -0.1) is 0 Å². The highest BCUT2D eigenvalue weighted by atomic mass is 16.5. The van der Waals surface area contributed by atoms with E-state index in [-0.39, 0.29) is 11.3 Å². The maximum absolute atomic E-state index is 13.1. The fourth-order valence-electron chi connectivity index (χ4n) is 4.05. The average molecular weight is 337 g/mol. The van der Waals surface area contributed by atoms with Gasteiger partial charge in [0.1, 0.15) is 0 Å². The number of nitrogens with zero attached hydrogens (tertiary/aromatic N) is 2. The van der Waals surface area contributed by atoms with Crippen molar-refractivity contribution >= 4 is 17.5 Å². The molecule has 6 heteroatoms. The Labute approximate surface area is 145 Å². The van der Waals surface area contributed by atoms with Crippen molar-refractivity contribution in [2.45, 2.75) is 25.7 Å². The van der Waals surface area contributed by atoms with Crippen molar-refractivity contribution in [3.8, 4) is 0 Å². The second-order valence-corrected chi connectivity index (χ2v) is 6.79. The van der Waals surface area contributed by atoms with Crippen LogP contribution in [0.15, 0.2) is 42.7 Å². The van der Waals surface area contributed by atoms with Gasteiger partial charge in [-0.1, -0.05) is 6.07 Å². The molecule has 25 heavy (non-hydrogen) atoms. The summed E-state index contributed by atoms with van der Waals surface area (Å²) in [5.74, 6) is -0.328. The Morgan fingerprint density at radius 1 is 1.16 bits per heavy atom. The number of aryl methyl sites for hydroxylation is 1. The molecular weight excluding hydrogens is 318 g/mol. The predicted octanol–water partition coefficient (Wildman–Crippen LogP) is 2.11. The fraction of sp³-hybridized carbons (Fsp3) is 0.316. The van der Waals surface area contributed by atoms with Crippen molar-refractivity contribution in [2.75, 3.05) is 11.4 Å². The van der Waals surface area contributed by atoms with E-state index in [1.165, 1.54) is 0 Å². The van der Waals surface area contributed by atoms with Gasteiger partial charge in [-0.25, -0.2) is 5.48 Å². The summed E-state index contributed by atoms with van der Waals surface area (Å²) in [4.78, 5) is 30.6. The van der Waals surface area contributed by atoms with Gasteiger partial charge in [0.15, 0.2) is 0 Å². The number of benzene rings is 1. The number of fused-ring (bicyclic) bond motifs is 1. The van der Waals surface area contributed by atoms with E-state index in [1.54, 1.807) is 23.9 Å². The van der Waals surface area contributed by atoms with Crippen LogP contribution in [0.5, 0.6) is 0 Å². The van der Waals surface area contributed by atoms with Crippen molar-refractivity contribution < 1.29 is 14.8 Å². The number of carbonyl (C=O) groups is 2. The second kappa shape index (κ2) is 5.97. The molecule has 2 amide bonds. The third-order valence-corrected chi connectivity index (χ3v) is 5.46. The number of aromatic nitrogens is 1. The van der Waals surface area contributed by atoms with Gasteiger partial charge in [0.2, 0.25) is 5.91 Å². The SMILES string of the molecule is O=C(NO)c1ccc2c(c1)CC[C@@]1(CCN(c3ccncc3)C1=O)C2. The van der Waals surface area contributed by atoms with Gasteiger partial charge in [0, 0.05) is 30.2 Å². The Hall–Kier alpha value is -2.73. The summed E-state index contributed by atoms with van der Waals surface area (Å²) in [6.45, 7) is 0.725. The summed E-state index contributed by atoms with van der Waals surface area (Å²) >= 11 is 0.